The van der Waals surface area contributed by atoms with E-state index < -0.39 is 0 Å². The molecule has 2 bridgehead atoms. The molecule has 5 aliphatic rings. The highest BCUT2D eigenvalue weighted by atomic mass is 19.1. The zero-order valence-corrected chi connectivity index (χ0v) is 24.0. The van der Waals surface area contributed by atoms with Crippen molar-refractivity contribution in [2.75, 3.05) is 32.2 Å². The molecule has 0 unspecified atom stereocenters. The molecule has 3 aromatic heterocycles. The second-order valence-corrected chi connectivity index (χ2v) is 12.1. The van der Waals surface area contributed by atoms with Gasteiger partial charge in [-0.25, -0.2) is 14.4 Å². The van der Waals surface area contributed by atoms with Crippen LogP contribution >= 0.6 is 0 Å². The lowest BCUT2D eigenvalue weighted by atomic mass is 9.69. The van der Waals surface area contributed by atoms with E-state index in [1.54, 1.807) is 12.1 Å². The maximum atomic E-state index is 15.1. The van der Waals surface area contributed by atoms with Gasteiger partial charge in [-0.05, 0) is 63.1 Å². The standard InChI is InChI=1S/C31H34FN5O6/c1-40-29(39)21-12-18(21)15-42-26-5-3-23-27(37-26)20(22(32)14-33-23)6-7-31-10-8-30(9-11-31,17-43-31)34-13-19-2-4-24-28(35-19)36-25(38)16-41-24/h2-5,14,18,21,34H,6-13,15-17H2,1H3,(H,35,36,38)/t18-,21-,30?,31?/m0/s1. The van der Waals surface area contributed by atoms with Crippen molar-refractivity contribution in [3.8, 4) is 11.6 Å². The number of methoxy groups -OCH3 is 1. The summed E-state index contributed by atoms with van der Waals surface area (Å²) in [4.78, 5) is 36.7. The summed E-state index contributed by atoms with van der Waals surface area (Å²) in [5, 5.41) is 6.42. The first-order chi connectivity index (χ1) is 20.8. The van der Waals surface area contributed by atoms with Crippen LogP contribution in [0.5, 0.6) is 11.6 Å². The molecule has 3 aliphatic heterocycles. The summed E-state index contributed by atoms with van der Waals surface area (Å²) in [6.07, 6.45) is 6.78. The normalized spacial score (nSPS) is 27.3. The molecule has 43 heavy (non-hydrogen) atoms. The lowest BCUT2D eigenvalue weighted by Gasteiger charge is -2.53. The first kappa shape index (κ1) is 27.9. The minimum absolute atomic E-state index is 0.00491. The Morgan fingerprint density at radius 3 is 2.84 bits per heavy atom. The summed E-state index contributed by atoms with van der Waals surface area (Å²) in [5.41, 5.74) is 1.99. The first-order valence-electron chi connectivity index (χ1n) is 14.8. The van der Waals surface area contributed by atoms with Gasteiger partial charge in [0.15, 0.2) is 18.2 Å². The van der Waals surface area contributed by atoms with Gasteiger partial charge in [0.25, 0.3) is 5.91 Å². The molecular weight excluding hydrogens is 557 g/mol. The lowest BCUT2D eigenvalue weighted by Crippen LogP contribution is -2.61. The van der Waals surface area contributed by atoms with E-state index in [0.717, 1.165) is 37.8 Å². The van der Waals surface area contributed by atoms with Crippen LogP contribution in [0.4, 0.5) is 10.2 Å². The highest BCUT2D eigenvalue weighted by Crippen LogP contribution is 2.46. The summed E-state index contributed by atoms with van der Waals surface area (Å²) in [6, 6.07) is 7.26. The molecule has 2 N–H and O–H groups in total. The molecule has 2 saturated heterocycles. The van der Waals surface area contributed by atoms with E-state index in [0.29, 0.717) is 66.6 Å². The summed E-state index contributed by atoms with van der Waals surface area (Å²) >= 11 is 0. The van der Waals surface area contributed by atoms with Crippen LogP contribution in [0.15, 0.2) is 30.5 Å². The number of hydrogen-bond acceptors (Lipinski definition) is 10. The van der Waals surface area contributed by atoms with Crippen LogP contribution in [0.25, 0.3) is 11.0 Å². The molecule has 11 nitrogen and oxygen atoms in total. The van der Waals surface area contributed by atoms with Crippen molar-refractivity contribution in [1.82, 2.24) is 20.3 Å². The quantitative estimate of drug-likeness (QED) is 0.338. The fourth-order valence-corrected chi connectivity index (χ4v) is 6.51. The van der Waals surface area contributed by atoms with Crippen molar-refractivity contribution in [2.24, 2.45) is 11.8 Å². The van der Waals surface area contributed by atoms with Gasteiger partial charge in [0.05, 0.1) is 54.8 Å². The Morgan fingerprint density at radius 1 is 1.19 bits per heavy atom. The highest BCUT2D eigenvalue weighted by molar-refractivity contribution is 5.94. The number of rotatable bonds is 10. The van der Waals surface area contributed by atoms with Crippen LogP contribution in [0.1, 0.15) is 49.8 Å². The molecule has 6 heterocycles. The zero-order valence-electron chi connectivity index (χ0n) is 24.0. The van der Waals surface area contributed by atoms with E-state index in [2.05, 4.69) is 25.6 Å². The second-order valence-electron chi connectivity index (χ2n) is 12.1. The number of ether oxygens (including phenoxy) is 4. The topological polar surface area (TPSA) is 134 Å². The van der Waals surface area contributed by atoms with Crippen LogP contribution < -0.4 is 20.1 Å². The van der Waals surface area contributed by atoms with Crippen molar-refractivity contribution in [1.29, 1.82) is 0 Å². The molecule has 0 aromatic carbocycles. The van der Waals surface area contributed by atoms with Gasteiger partial charge in [0.1, 0.15) is 5.82 Å². The maximum absolute atomic E-state index is 15.1. The third kappa shape index (κ3) is 5.61. The number of esters is 1. The Bertz CT molecular complexity index is 1560. The van der Waals surface area contributed by atoms with Crippen LogP contribution in [0.2, 0.25) is 0 Å². The maximum Gasteiger partial charge on any atom is 0.309 e. The molecule has 2 aliphatic carbocycles. The molecular formula is C31H34FN5O6. The number of aromatic nitrogens is 3. The van der Waals surface area contributed by atoms with Crippen LogP contribution in [0.3, 0.4) is 0 Å². The van der Waals surface area contributed by atoms with Gasteiger partial charge in [-0.1, -0.05) is 0 Å². The minimum atomic E-state index is -0.386. The summed E-state index contributed by atoms with van der Waals surface area (Å²) in [5.74, 6) is 0.594. The Hall–Kier alpha value is -3.90. The molecule has 2 saturated carbocycles. The van der Waals surface area contributed by atoms with E-state index in [4.69, 9.17) is 18.9 Å². The van der Waals surface area contributed by atoms with Gasteiger partial charge >= 0.3 is 5.97 Å². The number of pyridine rings is 3. The molecule has 1 amide bonds. The average molecular weight is 592 g/mol. The van der Waals surface area contributed by atoms with Crippen LogP contribution in [0, 0.1) is 17.7 Å². The van der Waals surface area contributed by atoms with Gasteiger partial charge in [-0.2, -0.15) is 0 Å². The van der Waals surface area contributed by atoms with E-state index in [1.165, 1.54) is 13.3 Å². The number of hydrogen-bond donors (Lipinski definition) is 2. The fourth-order valence-electron chi connectivity index (χ4n) is 6.51. The van der Waals surface area contributed by atoms with E-state index in [9.17, 15) is 9.59 Å². The number of nitrogens with zero attached hydrogens (tertiary/aromatic N) is 3. The summed E-state index contributed by atoms with van der Waals surface area (Å²) < 4.78 is 37.7. The number of carbonyl (C=O) groups excluding carboxylic acids is 2. The van der Waals surface area contributed by atoms with Gasteiger partial charge in [-0.15, -0.1) is 0 Å². The van der Waals surface area contributed by atoms with Crippen molar-refractivity contribution < 1.29 is 32.9 Å². The van der Waals surface area contributed by atoms with Crippen LogP contribution in [-0.2, 0) is 32.0 Å². The number of amides is 1. The Morgan fingerprint density at radius 2 is 2.05 bits per heavy atom. The van der Waals surface area contributed by atoms with Crippen molar-refractivity contribution in [2.45, 2.75) is 62.6 Å². The lowest BCUT2D eigenvalue weighted by molar-refractivity contribution is -0.165. The molecule has 0 spiro atoms. The minimum Gasteiger partial charge on any atom is -0.480 e. The summed E-state index contributed by atoms with van der Waals surface area (Å²) in [7, 11) is 1.39. The number of anilines is 1. The van der Waals surface area contributed by atoms with Gasteiger partial charge in [-0.3, -0.25) is 14.6 Å². The molecule has 2 atom stereocenters. The van der Waals surface area contributed by atoms with Crippen molar-refractivity contribution in [3.05, 3.63) is 47.5 Å². The van der Waals surface area contributed by atoms with E-state index >= 15 is 4.39 Å². The molecule has 4 fully saturated rings. The van der Waals surface area contributed by atoms with Crippen molar-refractivity contribution >= 4 is 28.7 Å². The third-order valence-electron chi connectivity index (χ3n) is 9.39. The monoisotopic (exact) mass is 591 g/mol. The van der Waals surface area contributed by atoms with Crippen LogP contribution in [-0.4, -0.2) is 64.9 Å². The first-order valence-corrected chi connectivity index (χ1v) is 14.8. The SMILES string of the molecule is COC(=O)[C@H]1C[C@H]1COc1ccc2ncc(F)c(CCC34CCC(NCc5ccc6c(n5)NC(=O)CO6)(CC3)CO4)c2n1. The number of carbonyl (C=O) groups is 2. The van der Waals surface area contributed by atoms with Crippen molar-refractivity contribution in [3.63, 3.8) is 0 Å². The smallest absolute Gasteiger partial charge is 0.309 e. The fraction of sp³-hybridized carbons (Fsp3) is 0.516. The van der Waals surface area contributed by atoms with Gasteiger partial charge in [0, 0.05) is 29.6 Å². The van der Waals surface area contributed by atoms with Gasteiger partial charge in [0.2, 0.25) is 5.88 Å². The van der Waals surface area contributed by atoms with E-state index in [1.807, 2.05) is 12.1 Å². The molecule has 12 heteroatoms. The predicted molar refractivity (Wildman–Crippen MR) is 152 cm³/mol. The number of nitrogens with one attached hydrogen (secondary N) is 2. The Kier molecular flexibility index (Phi) is 7.13. The molecule has 8 rings (SSSR count). The number of halogens is 1. The average Bonchev–Trinajstić information content (AvgIpc) is 3.82. The summed E-state index contributed by atoms with van der Waals surface area (Å²) in [6.45, 7) is 1.48. The predicted octanol–water partition coefficient (Wildman–Crippen LogP) is 3.49. The molecule has 0 radical (unpaired) electrons. The largest absolute Gasteiger partial charge is 0.480 e. The Labute approximate surface area is 247 Å². The Balaban J connectivity index is 0.969. The zero-order chi connectivity index (χ0) is 29.6. The molecule has 226 valence electrons. The highest BCUT2D eigenvalue weighted by Gasteiger charge is 2.49. The number of aryl methyl sites for hydroxylation is 1. The van der Waals surface area contributed by atoms with Gasteiger partial charge < -0.3 is 29.6 Å². The molecule has 3 aromatic rings. The number of fused-ring (bicyclic) bond motifs is 5. The second kappa shape index (κ2) is 11.0. The van der Waals surface area contributed by atoms with E-state index in [-0.39, 0.29) is 47.3 Å². The third-order valence-corrected chi connectivity index (χ3v) is 9.39.